The van der Waals surface area contributed by atoms with Gasteiger partial charge in [-0.15, -0.1) is 0 Å². The second-order valence-corrected chi connectivity index (χ2v) is 4.30. The Morgan fingerprint density at radius 1 is 1.05 bits per heavy atom. The first-order valence-electron chi connectivity index (χ1n) is 6.26. The smallest absolute Gasteiger partial charge is 0.337 e. The van der Waals surface area contributed by atoms with Gasteiger partial charge in [0.05, 0.1) is 17.6 Å². The van der Waals surface area contributed by atoms with Crippen molar-refractivity contribution in [3.63, 3.8) is 0 Å². The lowest BCUT2D eigenvalue weighted by atomic mass is 10.1. The number of nitrogens with zero attached hydrogens (tertiary/aromatic N) is 1. The fourth-order valence-corrected chi connectivity index (χ4v) is 1.81. The second kappa shape index (κ2) is 6.49. The maximum atomic E-state index is 12.1. The van der Waals surface area contributed by atoms with Gasteiger partial charge in [0.2, 0.25) is 0 Å². The van der Waals surface area contributed by atoms with E-state index < -0.39 is 16.8 Å². The van der Waals surface area contributed by atoms with Crippen LogP contribution in [0.2, 0.25) is 0 Å². The summed E-state index contributed by atoms with van der Waals surface area (Å²) >= 11 is 0. The molecule has 112 valence electrons. The zero-order valence-electron chi connectivity index (χ0n) is 11.6. The van der Waals surface area contributed by atoms with Crippen LogP contribution in [0.4, 0.5) is 11.4 Å². The minimum absolute atomic E-state index is 0.106. The van der Waals surface area contributed by atoms with E-state index in [9.17, 15) is 19.7 Å². The van der Waals surface area contributed by atoms with Gasteiger partial charge in [-0.25, -0.2) is 4.79 Å². The summed E-state index contributed by atoms with van der Waals surface area (Å²) < 4.78 is 4.56. The minimum atomic E-state index is -0.573. The van der Waals surface area contributed by atoms with Gasteiger partial charge in [0.25, 0.3) is 11.6 Å². The molecular weight excluding hydrogens is 288 g/mol. The number of para-hydroxylation sites is 2. The van der Waals surface area contributed by atoms with Crippen molar-refractivity contribution < 1.29 is 19.2 Å². The van der Waals surface area contributed by atoms with E-state index in [-0.39, 0.29) is 16.9 Å². The minimum Gasteiger partial charge on any atom is -0.465 e. The van der Waals surface area contributed by atoms with Gasteiger partial charge in [-0.1, -0.05) is 12.1 Å². The predicted molar refractivity (Wildman–Crippen MR) is 78.8 cm³/mol. The molecule has 0 bridgehead atoms. The summed E-state index contributed by atoms with van der Waals surface area (Å²) in [6.07, 6.45) is 0. The molecule has 0 saturated heterocycles. The summed E-state index contributed by atoms with van der Waals surface area (Å²) in [4.78, 5) is 33.7. The van der Waals surface area contributed by atoms with Crippen molar-refractivity contribution in [2.45, 2.75) is 0 Å². The molecule has 1 N–H and O–H groups in total. The van der Waals surface area contributed by atoms with Crippen molar-refractivity contribution >= 4 is 23.3 Å². The van der Waals surface area contributed by atoms with Crippen LogP contribution in [0.5, 0.6) is 0 Å². The number of hydrogen-bond donors (Lipinski definition) is 1. The third-order valence-electron chi connectivity index (χ3n) is 2.92. The zero-order chi connectivity index (χ0) is 16.1. The van der Waals surface area contributed by atoms with Gasteiger partial charge in [-0.2, -0.15) is 0 Å². The van der Waals surface area contributed by atoms with Crippen molar-refractivity contribution in [1.29, 1.82) is 0 Å². The number of benzene rings is 2. The van der Waals surface area contributed by atoms with Gasteiger partial charge < -0.3 is 10.1 Å². The summed E-state index contributed by atoms with van der Waals surface area (Å²) in [5.41, 5.74) is 0.493. The highest BCUT2D eigenvalue weighted by atomic mass is 16.6. The van der Waals surface area contributed by atoms with Gasteiger partial charge >= 0.3 is 5.97 Å². The Morgan fingerprint density at radius 2 is 1.64 bits per heavy atom. The average molecular weight is 300 g/mol. The number of hydrogen-bond acceptors (Lipinski definition) is 5. The topological polar surface area (TPSA) is 98.5 Å². The van der Waals surface area contributed by atoms with Crippen LogP contribution in [0.1, 0.15) is 20.7 Å². The van der Waals surface area contributed by atoms with Crippen molar-refractivity contribution in [3.8, 4) is 0 Å². The van der Waals surface area contributed by atoms with E-state index in [1.165, 1.54) is 49.6 Å². The molecule has 0 aromatic heterocycles. The molecule has 0 saturated carbocycles. The number of amides is 1. The predicted octanol–water partition coefficient (Wildman–Crippen LogP) is 2.63. The van der Waals surface area contributed by atoms with Crippen LogP contribution in [0.25, 0.3) is 0 Å². The number of rotatable bonds is 4. The third-order valence-corrected chi connectivity index (χ3v) is 2.92. The highest BCUT2D eigenvalue weighted by molar-refractivity contribution is 6.05. The molecule has 0 atom stereocenters. The lowest BCUT2D eigenvalue weighted by molar-refractivity contribution is -0.383. The van der Waals surface area contributed by atoms with Gasteiger partial charge in [-0.3, -0.25) is 14.9 Å². The van der Waals surface area contributed by atoms with E-state index in [1.807, 2.05) is 0 Å². The number of nitrogens with one attached hydrogen (secondary N) is 1. The van der Waals surface area contributed by atoms with Crippen molar-refractivity contribution in [2.24, 2.45) is 0 Å². The summed E-state index contributed by atoms with van der Waals surface area (Å²) in [6.45, 7) is 0. The molecule has 1 amide bonds. The molecule has 0 aliphatic heterocycles. The summed E-state index contributed by atoms with van der Waals surface area (Å²) in [6, 6.07) is 11.6. The molecule has 2 aromatic rings. The number of ether oxygens (including phenoxy) is 1. The number of esters is 1. The number of methoxy groups -OCH3 is 1. The quantitative estimate of drug-likeness (QED) is 0.531. The zero-order valence-corrected chi connectivity index (χ0v) is 11.6. The monoisotopic (exact) mass is 300 g/mol. The highest BCUT2D eigenvalue weighted by Gasteiger charge is 2.16. The van der Waals surface area contributed by atoms with E-state index >= 15 is 0 Å². The molecule has 0 heterocycles. The van der Waals surface area contributed by atoms with Crippen LogP contribution in [0.3, 0.4) is 0 Å². The molecule has 2 aromatic carbocycles. The first-order valence-corrected chi connectivity index (χ1v) is 6.26. The van der Waals surface area contributed by atoms with Crippen molar-refractivity contribution in [3.05, 3.63) is 69.8 Å². The molecule has 7 nitrogen and oxygen atoms in total. The van der Waals surface area contributed by atoms with E-state index in [4.69, 9.17) is 0 Å². The number of nitro groups is 1. The van der Waals surface area contributed by atoms with Crippen LogP contribution in [-0.4, -0.2) is 23.9 Å². The molecule has 0 spiro atoms. The summed E-state index contributed by atoms with van der Waals surface area (Å²) in [5, 5.41) is 13.4. The molecule has 0 radical (unpaired) electrons. The molecule has 0 aliphatic carbocycles. The second-order valence-electron chi connectivity index (χ2n) is 4.30. The fourth-order valence-electron chi connectivity index (χ4n) is 1.81. The normalized spacial score (nSPS) is 9.86. The SMILES string of the molecule is COC(=O)c1ccc(C(=O)Nc2ccccc2[N+](=O)[O-])cc1. The van der Waals surface area contributed by atoms with Crippen LogP contribution in [-0.2, 0) is 4.74 Å². The van der Waals surface area contributed by atoms with E-state index in [0.29, 0.717) is 5.56 Å². The van der Waals surface area contributed by atoms with Crippen LogP contribution >= 0.6 is 0 Å². The Morgan fingerprint density at radius 3 is 2.23 bits per heavy atom. The molecule has 22 heavy (non-hydrogen) atoms. The first-order chi connectivity index (χ1) is 10.5. The Bertz CT molecular complexity index is 725. The Hall–Kier alpha value is -3.22. The van der Waals surface area contributed by atoms with E-state index in [1.54, 1.807) is 6.07 Å². The number of carbonyl (C=O) groups is 2. The molecule has 2 rings (SSSR count). The van der Waals surface area contributed by atoms with Crippen molar-refractivity contribution in [1.82, 2.24) is 0 Å². The molecular formula is C15H12N2O5. The Labute approximate surface area is 125 Å². The maximum Gasteiger partial charge on any atom is 0.337 e. The number of carbonyl (C=O) groups excluding carboxylic acids is 2. The number of nitro benzene ring substituents is 1. The van der Waals surface area contributed by atoms with Crippen LogP contribution in [0, 0.1) is 10.1 Å². The Kier molecular flexibility index (Phi) is 4.47. The molecule has 0 unspecified atom stereocenters. The third kappa shape index (κ3) is 3.26. The average Bonchev–Trinajstić information content (AvgIpc) is 2.54. The van der Waals surface area contributed by atoms with E-state index in [0.717, 1.165) is 0 Å². The largest absolute Gasteiger partial charge is 0.465 e. The molecule has 7 heteroatoms. The van der Waals surface area contributed by atoms with Crippen molar-refractivity contribution in [2.75, 3.05) is 12.4 Å². The lowest BCUT2D eigenvalue weighted by Gasteiger charge is -2.06. The van der Waals surface area contributed by atoms with Gasteiger partial charge in [-0.05, 0) is 30.3 Å². The Balaban J connectivity index is 2.19. The maximum absolute atomic E-state index is 12.1. The number of anilines is 1. The molecule has 0 fully saturated rings. The fraction of sp³-hybridized carbons (Fsp3) is 0.0667. The van der Waals surface area contributed by atoms with Gasteiger partial charge in [0.15, 0.2) is 0 Å². The lowest BCUT2D eigenvalue weighted by Crippen LogP contribution is -2.13. The van der Waals surface area contributed by atoms with Gasteiger partial charge in [0.1, 0.15) is 5.69 Å². The summed E-state index contributed by atoms with van der Waals surface area (Å²) in [5.74, 6) is -1.02. The first kappa shape index (κ1) is 15.2. The standard InChI is InChI=1S/C15H12N2O5/c1-22-15(19)11-8-6-10(7-9-11)14(18)16-12-4-2-3-5-13(12)17(20)21/h2-9H,1H3,(H,16,18). The van der Waals surface area contributed by atoms with Crippen LogP contribution in [0.15, 0.2) is 48.5 Å². The van der Waals surface area contributed by atoms with Gasteiger partial charge in [0, 0.05) is 11.6 Å². The van der Waals surface area contributed by atoms with E-state index in [2.05, 4.69) is 10.1 Å². The molecule has 0 aliphatic rings. The summed E-state index contributed by atoms with van der Waals surface area (Å²) in [7, 11) is 1.26. The van der Waals surface area contributed by atoms with Crippen LogP contribution < -0.4 is 5.32 Å². The highest BCUT2D eigenvalue weighted by Crippen LogP contribution is 2.23.